The average Bonchev–Trinajstić information content (AvgIpc) is 2.82. The highest BCUT2D eigenvalue weighted by molar-refractivity contribution is 5.46. The second-order valence-corrected chi connectivity index (χ2v) is 7.74. The Bertz CT molecular complexity index is 522. The van der Waals surface area contributed by atoms with Crippen LogP contribution < -0.4 is 5.32 Å². The zero-order valence-electron chi connectivity index (χ0n) is 15.6. The van der Waals surface area contributed by atoms with Crippen LogP contribution in [0.2, 0.25) is 0 Å². The van der Waals surface area contributed by atoms with E-state index in [-0.39, 0.29) is 0 Å². The zero-order chi connectivity index (χ0) is 16.9. The van der Waals surface area contributed by atoms with Gasteiger partial charge in [0.1, 0.15) is 12.1 Å². The summed E-state index contributed by atoms with van der Waals surface area (Å²) in [6.07, 6.45) is 7.82. The van der Waals surface area contributed by atoms with Gasteiger partial charge in [-0.1, -0.05) is 20.3 Å². The molecule has 2 heterocycles. The van der Waals surface area contributed by atoms with Gasteiger partial charge in [-0.25, -0.2) is 9.97 Å². The lowest BCUT2D eigenvalue weighted by Gasteiger charge is -2.40. The van der Waals surface area contributed by atoms with Crippen molar-refractivity contribution in [3.8, 4) is 0 Å². The molecule has 1 saturated heterocycles. The largest absolute Gasteiger partial charge is 0.368 e. The third-order valence-electron chi connectivity index (χ3n) is 5.63. The molecule has 2 aliphatic rings. The number of aromatic nitrogens is 2. The Hall–Kier alpha value is -1.20. The lowest BCUT2D eigenvalue weighted by molar-refractivity contribution is 0.0944. The predicted octanol–water partition coefficient (Wildman–Crippen LogP) is 2.43. The number of piperazine rings is 1. The van der Waals surface area contributed by atoms with Crippen molar-refractivity contribution in [1.82, 2.24) is 19.8 Å². The standard InChI is InChI=1S/C19H33N5/c1-15(2)18(24-11-9-23(3)10-12-24)13-20-19-16-7-5-4-6-8-17(16)21-14-22-19/h14-15,18H,4-13H2,1-3H3,(H,20,21,22)/t18-/m1/s1. The fourth-order valence-electron chi connectivity index (χ4n) is 3.99. The second kappa shape index (κ2) is 8.26. The summed E-state index contributed by atoms with van der Waals surface area (Å²) in [7, 11) is 2.22. The maximum atomic E-state index is 4.57. The van der Waals surface area contributed by atoms with Crippen LogP contribution in [0.1, 0.15) is 44.4 Å². The smallest absolute Gasteiger partial charge is 0.132 e. The first kappa shape index (κ1) is 17.6. The van der Waals surface area contributed by atoms with Crippen LogP contribution in [0.25, 0.3) is 0 Å². The highest BCUT2D eigenvalue weighted by Gasteiger charge is 2.25. The summed E-state index contributed by atoms with van der Waals surface area (Å²) >= 11 is 0. The Morgan fingerprint density at radius 3 is 2.54 bits per heavy atom. The number of likely N-dealkylation sites (N-methyl/N-ethyl adjacent to an activating group) is 1. The van der Waals surface area contributed by atoms with Crippen molar-refractivity contribution in [2.75, 3.05) is 45.1 Å². The quantitative estimate of drug-likeness (QED) is 0.840. The fraction of sp³-hybridized carbons (Fsp3) is 0.789. The number of rotatable bonds is 5. The number of hydrogen-bond acceptors (Lipinski definition) is 5. The molecule has 3 rings (SSSR count). The molecule has 1 N–H and O–H groups in total. The van der Waals surface area contributed by atoms with Gasteiger partial charge in [0.05, 0.1) is 0 Å². The summed E-state index contributed by atoms with van der Waals surface area (Å²) in [4.78, 5) is 14.2. The lowest BCUT2D eigenvalue weighted by Crippen LogP contribution is -2.52. The van der Waals surface area contributed by atoms with Gasteiger partial charge >= 0.3 is 0 Å². The highest BCUT2D eigenvalue weighted by atomic mass is 15.3. The van der Waals surface area contributed by atoms with E-state index in [9.17, 15) is 0 Å². The van der Waals surface area contributed by atoms with Crippen molar-refractivity contribution in [2.45, 2.75) is 52.0 Å². The van der Waals surface area contributed by atoms with Crippen molar-refractivity contribution in [3.05, 3.63) is 17.6 Å². The van der Waals surface area contributed by atoms with E-state index >= 15 is 0 Å². The molecule has 0 unspecified atom stereocenters. The minimum absolute atomic E-state index is 0.565. The highest BCUT2D eigenvalue weighted by Crippen LogP contribution is 2.24. The predicted molar refractivity (Wildman–Crippen MR) is 99.5 cm³/mol. The van der Waals surface area contributed by atoms with Crippen LogP contribution in [0.15, 0.2) is 6.33 Å². The maximum absolute atomic E-state index is 4.57. The maximum Gasteiger partial charge on any atom is 0.132 e. The molecule has 0 spiro atoms. The van der Waals surface area contributed by atoms with Crippen LogP contribution >= 0.6 is 0 Å². The molecule has 0 aromatic carbocycles. The summed E-state index contributed by atoms with van der Waals surface area (Å²) in [5.74, 6) is 1.73. The van der Waals surface area contributed by atoms with Crippen molar-refractivity contribution in [3.63, 3.8) is 0 Å². The Morgan fingerprint density at radius 1 is 1.04 bits per heavy atom. The first-order chi connectivity index (χ1) is 11.6. The third-order valence-corrected chi connectivity index (χ3v) is 5.63. The summed E-state index contributed by atoms with van der Waals surface area (Å²) in [6.45, 7) is 10.3. The van der Waals surface area contributed by atoms with E-state index in [0.29, 0.717) is 12.0 Å². The van der Waals surface area contributed by atoms with Gasteiger partial charge in [0.25, 0.3) is 0 Å². The number of nitrogens with zero attached hydrogens (tertiary/aromatic N) is 4. The topological polar surface area (TPSA) is 44.3 Å². The molecule has 1 aliphatic heterocycles. The molecule has 1 aromatic heterocycles. The minimum Gasteiger partial charge on any atom is -0.368 e. The fourth-order valence-corrected chi connectivity index (χ4v) is 3.99. The zero-order valence-corrected chi connectivity index (χ0v) is 15.6. The molecule has 0 bridgehead atoms. The van der Waals surface area contributed by atoms with Crippen molar-refractivity contribution in [2.24, 2.45) is 5.92 Å². The Balaban J connectivity index is 1.67. The van der Waals surface area contributed by atoms with Gasteiger partial charge in [0.2, 0.25) is 0 Å². The molecule has 0 saturated carbocycles. The van der Waals surface area contributed by atoms with Crippen LogP contribution in [0, 0.1) is 5.92 Å². The third kappa shape index (κ3) is 4.25. The summed E-state index contributed by atoms with van der Waals surface area (Å²) < 4.78 is 0. The molecule has 1 aliphatic carbocycles. The monoisotopic (exact) mass is 331 g/mol. The van der Waals surface area contributed by atoms with Crippen LogP contribution in [-0.2, 0) is 12.8 Å². The van der Waals surface area contributed by atoms with E-state index in [1.165, 1.54) is 56.7 Å². The molecule has 0 amide bonds. The number of aryl methyl sites for hydroxylation is 1. The van der Waals surface area contributed by atoms with Gasteiger partial charge in [-0.3, -0.25) is 4.90 Å². The lowest BCUT2D eigenvalue weighted by atomic mass is 10.0. The molecule has 1 fully saturated rings. The molecule has 0 radical (unpaired) electrons. The van der Waals surface area contributed by atoms with Gasteiger partial charge in [-0.05, 0) is 38.6 Å². The van der Waals surface area contributed by atoms with Crippen LogP contribution in [0.5, 0.6) is 0 Å². The summed E-state index contributed by atoms with van der Waals surface area (Å²) in [6, 6.07) is 0.565. The molecule has 24 heavy (non-hydrogen) atoms. The number of hydrogen-bond donors (Lipinski definition) is 1. The van der Waals surface area contributed by atoms with Crippen molar-refractivity contribution >= 4 is 5.82 Å². The molecule has 5 nitrogen and oxygen atoms in total. The Labute approximate surface area is 146 Å². The van der Waals surface area contributed by atoms with Gasteiger partial charge in [-0.15, -0.1) is 0 Å². The van der Waals surface area contributed by atoms with E-state index in [2.05, 4.69) is 46.0 Å². The Morgan fingerprint density at radius 2 is 1.79 bits per heavy atom. The van der Waals surface area contributed by atoms with Gasteiger partial charge in [0, 0.05) is 50.0 Å². The molecule has 134 valence electrons. The SMILES string of the molecule is CC(C)[C@@H](CNc1ncnc2c1CCCCC2)N1CCN(C)CC1. The van der Waals surface area contributed by atoms with Crippen molar-refractivity contribution < 1.29 is 0 Å². The Kier molecular flexibility index (Phi) is 6.06. The number of anilines is 1. The first-order valence-corrected chi connectivity index (χ1v) is 9.64. The van der Waals surface area contributed by atoms with E-state index in [1.54, 1.807) is 6.33 Å². The van der Waals surface area contributed by atoms with Gasteiger partial charge < -0.3 is 10.2 Å². The average molecular weight is 332 g/mol. The number of nitrogens with one attached hydrogen (secondary N) is 1. The van der Waals surface area contributed by atoms with Crippen LogP contribution in [0.3, 0.4) is 0 Å². The molecular formula is C19H33N5. The summed E-state index contributed by atoms with van der Waals surface area (Å²) in [5, 5.41) is 3.68. The first-order valence-electron chi connectivity index (χ1n) is 9.64. The van der Waals surface area contributed by atoms with Gasteiger partial charge in [0.15, 0.2) is 0 Å². The van der Waals surface area contributed by atoms with E-state index in [0.717, 1.165) is 25.2 Å². The summed E-state index contributed by atoms with van der Waals surface area (Å²) in [5.41, 5.74) is 2.64. The minimum atomic E-state index is 0.565. The number of fused-ring (bicyclic) bond motifs is 1. The van der Waals surface area contributed by atoms with Crippen LogP contribution in [-0.4, -0.2) is 65.6 Å². The van der Waals surface area contributed by atoms with Crippen LogP contribution in [0.4, 0.5) is 5.82 Å². The molecule has 1 aromatic rings. The van der Waals surface area contributed by atoms with Crippen molar-refractivity contribution in [1.29, 1.82) is 0 Å². The normalized spacial score (nSPS) is 21.3. The molecule has 5 heteroatoms. The van der Waals surface area contributed by atoms with E-state index < -0.39 is 0 Å². The van der Waals surface area contributed by atoms with E-state index in [1.807, 2.05) is 0 Å². The molecular weight excluding hydrogens is 298 g/mol. The second-order valence-electron chi connectivity index (χ2n) is 7.74. The molecule has 1 atom stereocenters. The van der Waals surface area contributed by atoms with Gasteiger partial charge in [-0.2, -0.15) is 0 Å². The van der Waals surface area contributed by atoms with E-state index in [4.69, 9.17) is 0 Å².